The molecule has 3 nitrogen and oxygen atoms in total. The Bertz CT molecular complexity index is 490. The maximum Gasteiger partial charge on any atom is 0.0521 e. The van der Waals surface area contributed by atoms with Crippen molar-refractivity contribution in [1.29, 1.82) is 0 Å². The molecule has 0 bridgehead atoms. The Kier molecular flexibility index (Phi) is 4.44. The largest absolute Gasteiger partial charge is 0.324 e. The summed E-state index contributed by atoms with van der Waals surface area (Å²) in [4.78, 5) is 1.28. The van der Waals surface area contributed by atoms with Gasteiger partial charge in [-0.3, -0.25) is 4.68 Å². The van der Waals surface area contributed by atoms with E-state index in [9.17, 15) is 0 Å². The molecule has 0 fully saturated rings. The molecule has 1 aromatic carbocycles. The van der Waals surface area contributed by atoms with Crippen LogP contribution in [-0.4, -0.2) is 16.0 Å². The Balaban J connectivity index is 1.92. The van der Waals surface area contributed by atoms with Crippen molar-refractivity contribution >= 4 is 11.8 Å². The Labute approximate surface area is 112 Å². The molecule has 18 heavy (non-hydrogen) atoms. The van der Waals surface area contributed by atoms with Crippen LogP contribution in [-0.2, 0) is 13.5 Å². The van der Waals surface area contributed by atoms with E-state index in [1.807, 2.05) is 24.1 Å². The van der Waals surface area contributed by atoms with Crippen molar-refractivity contribution in [3.05, 3.63) is 47.8 Å². The maximum absolute atomic E-state index is 6.21. The average molecular weight is 261 g/mol. The van der Waals surface area contributed by atoms with E-state index in [-0.39, 0.29) is 6.04 Å². The molecule has 2 N–H and O–H groups in total. The second kappa shape index (κ2) is 6.07. The molecule has 0 aliphatic heterocycles. The van der Waals surface area contributed by atoms with Gasteiger partial charge in [-0.1, -0.05) is 12.1 Å². The first-order chi connectivity index (χ1) is 8.69. The molecule has 1 atom stereocenters. The third kappa shape index (κ3) is 3.37. The molecule has 0 aliphatic carbocycles. The molecule has 0 aliphatic rings. The summed E-state index contributed by atoms with van der Waals surface area (Å²) in [5, 5.41) is 4.16. The van der Waals surface area contributed by atoms with Gasteiger partial charge in [-0.2, -0.15) is 5.10 Å². The lowest BCUT2D eigenvalue weighted by Crippen LogP contribution is -2.11. The molecule has 1 aromatic heterocycles. The fourth-order valence-corrected chi connectivity index (χ4v) is 2.35. The third-order valence-electron chi connectivity index (χ3n) is 3.05. The van der Waals surface area contributed by atoms with E-state index in [0.29, 0.717) is 0 Å². The van der Waals surface area contributed by atoms with Gasteiger partial charge in [-0.15, -0.1) is 11.8 Å². The van der Waals surface area contributed by atoms with Gasteiger partial charge in [-0.05, 0) is 42.4 Å². The standard InChI is InChI=1S/C14H19N3S/c1-17-10-11(9-16-17)3-8-14(15)12-4-6-13(18-2)7-5-12/h4-7,9-10,14H,3,8,15H2,1-2H3. The van der Waals surface area contributed by atoms with Gasteiger partial charge in [0.05, 0.1) is 6.20 Å². The van der Waals surface area contributed by atoms with Crippen molar-refractivity contribution in [3.8, 4) is 0 Å². The van der Waals surface area contributed by atoms with Gasteiger partial charge in [0, 0.05) is 24.2 Å². The normalized spacial score (nSPS) is 12.6. The zero-order chi connectivity index (χ0) is 13.0. The first kappa shape index (κ1) is 13.2. The minimum atomic E-state index is 0.0983. The Hall–Kier alpha value is -1.26. The predicted molar refractivity (Wildman–Crippen MR) is 76.7 cm³/mol. The lowest BCUT2D eigenvalue weighted by atomic mass is 10.0. The third-order valence-corrected chi connectivity index (χ3v) is 3.79. The van der Waals surface area contributed by atoms with Crippen molar-refractivity contribution in [2.45, 2.75) is 23.8 Å². The van der Waals surface area contributed by atoms with Crippen LogP contribution in [0.3, 0.4) is 0 Å². The smallest absolute Gasteiger partial charge is 0.0521 e. The van der Waals surface area contributed by atoms with E-state index in [4.69, 9.17) is 5.73 Å². The summed E-state index contributed by atoms with van der Waals surface area (Å²) in [6, 6.07) is 8.61. The molecule has 0 saturated carbocycles. The molecule has 0 spiro atoms. The number of hydrogen-bond donors (Lipinski definition) is 1. The zero-order valence-corrected chi connectivity index (χ0v) is 11.7. The molecule has 1 unspecified atom stereocenters. The Morgan fingerprint density at radius 2 is 2.06 bits per heavy atom. The van der Waals surface area contributed by atoms with Crippen molar-refractivity contribution in [1.82, 2.24) is 9.78 Å². The van der Waals surface area contributed by atoms with E-state index >= 15 is 0 Å². The van der Waals surface area contributed by atoms with Crippen LogP contribution >= 0.6 is 11.8 Å². The van der Waals surface area contributed by atoms with Crippen LogP contribution in [0.25, 0.3) is 0 Å². The highest BCUT2D eigenvalue weighted by atomic mass is 32.2. The number of nitrogens with zero attached hydrogens (tertiary/aromatic N) is 2. The molecule has 2 rings (SSSR count). The lowest BCUT2D eigenvalue weighted by molar-refractivity contribution is 0.650. The second-order valence-corrected chi connectivity index (χ2v) is 5.32. The highest BCUT2D eigenvalue weighted by Crippen LogP contribution is 2.20. The quantitative estimate of drug-likeness (QED) is 0.842. The van der Waals surface area contributed by atoms with Gasteiger partial charge >= 0.3 is 0 Å². The summed E-state index contributed by atoms with van der Waals surface area (Å²) in [5.74, 6) is 0. The van der Waals surface area contributed by atoms with Crippen LogP contribution in [0.1, 0.15) is 23.6 Å². The van der Waals surface area contributed by atoms with Gasteiger partial charge in [0.25, 0.3) is 0 Å². The number of benzene rings is 1. The molecule has 0 amide bonds. The van der Waals surface area contributed by atoms with Gasteiger partial charge in [0.2, 0.25) is 0 Å². The zero-order valence-electron chi connectivity index (χ0n) is 10.8. The number of nitrogens with two attached hydrogens (primary N) is 1. The van der Waals surface area contributed by atoms with Crippen LogP contribution in [0.4, 0.5) is 0 Å². The Morgan fingerprint density at radius 1 is 1.33 bits per heavy atom. The van der Waals surface area contributed by atoms with E-state index in [2.05, 4.69) is 35.6 Å². The first-order valence-electron chi connectivity index (χ1n) is 6.06. The van der Waals surface area contributed by atoms with Crippen molar-refractivity contribution in [2.75, 3.05) is 6.26 Å². The molecule has 1 heterocycles. The Morgan fingerprint density at radius 3 is 2.61 bits per heavy atom. The van der Waals surface area contributed by atoms with Crippen LogP contribution in [0.5, 0.6) is 0 Å². The van der Waals surface area contributed by atoms with E-state index < -0.39 is 0 Å². The summed E-state index contributed by atoms with van der Waals surface area (Å²) in [5.41, 5.74) is 8.66. The van der Waals surface area contributed by atoms with E-state index in [0.717, 1.165) is 12.8 Å². The molecular weight excluding hydrogens is 242 g/mol. The minimum Gasteiger partial charge on any atom is -0.324 e. The van der Waals surface area contributed by atoms with Gasteiger partial charge in [0.15, 0.2) is 0 Å². The van der Waals surface area contributed by atoms with Crippen LogP contribution in [0.2, 0.25) is 0 Å². The van der Waals surface area contributed by atoms with Crippen molar-refractivity contribution < 1.29 is 0 Å². The van der Waals surface area contributed by atoms with Gasteiger partial charge in [0.1, 0.15) is 0 Å². The minimum absolute atomic E-state index is 0.0983. The summed E-state index contributed by atoms with van der Waals surface area (Å²) >= 11 is 1.75. The molecule has 4 heteroatoms. The fourth-order valence-electron chi connectivity index (χ4n) is 1.94. The maximum atomic E-state index is 6.21. The fraction of sp³-hybridized carbons (Fsp3) is 0.357. The monoisotopic (exact) mass is 261 g/mol. The predicted octanol–water partition coefficient (Wildman–Crippen LogP) is 2.77. The molecule has 2 aromatic rings. The van der Waals surface area contributed by atoms with E-state index in [1.165, 1.54) is 16.0 Å². The summed E-state index contributed by atoms with van der Waals surface area (Å²) < 4.78 is 1.83. The van der Waals surface area contributed by atoms with Crippen molar-refractivity contribution in [2.24, 2.45) is 12.8 Å². The lowest BCUT2D eigenvalue weighted by Gasteiger charge is -2.11. The number of rotatable bonds is 5. The average Bonchev–Trinajstić information content (AvgIpc) is 2.82. The van der Waals surface area contributed by atoms with Crippen LogP contribution in [0, 0.1) is 0 Å². The van der Waals surface area contributed by atoms with E-state index in [1.54, 1.807) is 11.8 Å². The first-order valence-corrected chi connectivity index (χ1v) is 7.28. The van der Waals surface area contributed by atoms with Crippen LogP contribution in [0.15, 0.2) is 41.6 Å². The SMILES string of the molecule is CSc1ccc(C(N)CCc2cnn(C)c2)cc1. The summed E-state index contributed by atoms with van der Waals surface area (Å²) in [6.07, 6.45) is 7.95. The number of thioether (sulfide) groups is 1. The summed E-state index contributed by atoms with van der Waals surface area (Å²) in [7, 11) is 1.94. The highest BCUT2D eigenvalue weighted by Gasteiger charge is 2.07. The summed E-state index contributed by atoms with van der Waals surface area (Å²) in [6.45, 7) is 0. The number of aromatic nitrogens is 2. The topological polar surface area (TPSA) is 43.8 Å². The van der Waals surface area contributed by atoms with Crippen LogP contribution < -0.4 is 5.73 Å². The molecule has 96 valence electrons. The second-order valence-electron chi connectivity index (χ2n) is 4.44. The van der Waals surface area contributed by atoms with Gasteiger partial charge < -0.3 is 5.73 Å². The van der Waals surface area contributed by atoms with Crippen molar-refractivity contribution in [3.63, 3.8) is 0 Å². The molecular formula is C14H19N3S. The van der Waals surface area contributed by atoms with Gasteiger partial charge in [-0.25, -0.2) is 0 Å². The molecule has 0 saturated heterocycles. The highest BCUT2D eigenvalue weighted by molar-refractivity contribution is 7.98. The number of aryl methyl sites for hydroxylation is 2. The number of hydrogen-bond acceptors (Lipinski definition) is 3. The molecule has 0 radical (unpaired) electrons.